The Morgan fingerprint density at radius 1 is 1.31 bits per heavy atom. The molecule has 0 N–H and O–H groups in total. The Balaban J connectivity index is 2.53. The van der Waals surface area contributed by atoms with Crippen LogP contribution in [0.15, 0.2) is 18.5 Å². The van der Waals surface area contributed by atoms with E-state index in [9.17, 15) is 0 Å². The van der Waals surface area contributed by atoms with Gasteiger partial charge in [0.25, 0.3) is 0 Å². The van der Waals surface area contributed by atoms with Crippen LogP contribution in [-0.2, 0) is 0 Å². The molecule has 0 radical (unpaired) electrons. The van der Waals surface area contributed by atoms with Crippen molar-refractivity contribution < 1.29 is 0 Å². The molecule has 13 heavy (non-hydrogen) atoms. The summed E-state index contributed by atoms with van der Waals surface area (Å²) >= 11 is 6.94. The summed E-state index contributed by atoms with van der Waals surface area (Å²) in [4.78, 5) is 4.06. The summed E-state index contributed by atoms with van der Waals surface area (Å²) in [5.74, 6) is 0. The first-order valence-corrected chi connectivity index (χ1v) is 4.78. The number of nitrogens with zero attached hydrogens (tertiary/aromatic N) is 3. The first kappa shape index (κ1) is 8.59. The molecular formula is C8H6ClN3S. The lowest BCUT2D eigenvalue weighted by Crippen LogP contribution is -1.82. The minimum absolute atomic E-state index is 0.442. The molecule has 66 valence electrons. The first-order valence-electron chi connectivity index (χ1n) is 3.67. The second-order valence-electron chi connectivity index (χ2n) is 2.65. The molecule has 0 unspecified atom stereocenters. The second kappa shape index (κ2) is 3.40. The van der Waals surface area contributed by atoms with Crippen molar-refractivity contribution >= 4 is 23.3 Å². The van der Waals surface area contributed by atoms with Crippen LogP contribution in [0, 0.1) is 6.92 Å². The van der Waals surface area contributed by atoms with Gasteiger partial charge in [-0.25, -0.2) is 0 Å². The third-order valence-electron chi connectivity index (χ3n) is 1.60. The van der Waals surface area contributed by atoms with Crippen LogP contribution in [0.3, 0.4) is 0 Å². The van der Waals surface area contributed by atoms with Crippen molar-refractivity contribution in [3.8, 4) is 11.3 Å². The second-order valence-corrected chi connectivity index (χ2v) is 3.54. The van der Waals surface area contributed by atoms with Crippen molar-refractivity contribution in [1.82, 2.24) is 13.7 Å². The molecule has 2 aromatic heterocycles. The minimum Gasteiger partial charge on any atom is -0.264 e. The van der Waals surface area contributed by atoms with Gasteiger partial charge in [0.05, 0.1) is 11.7 Å². The molecule has 0 aliphatic heterocycles. The lowest BCUT2D eigenvalue weighted by molar-refractivity contribution is 1.26. The summed E-state index contributed by atoms with van der Waals surface area (Å²) in [6, 6.07) is 1.98. The van der Waals surface area contributed by atoms with E-state index in [1.54, 1.807) is 12.4 Å². The van der Waals surface area contributed by atoms with Crippen LogP contribution in [0.4, 0.5) is 0 Å². The van der Waals surface area contributed by atoms with Gasteiger partial charge in [-0.05, 0) is 18.6 Å². The maximum atomic E-state index is 5.84. The number of aromatic nitrogens is 3. The van der Waals surface area contributed by atoms with Gasteiger partial charge in [-0.2, -0.15) is 8.75 Å². The Morgan fingerprint density at radius 2 is 2.15 bits per heavy atom. The van der Waals surface area contributed by atoms with E-state index in [0.29, 0.717) is 10.8 Å². The third-order valence-corrected chi connectivity index (χ3v) is 2.49. The van der Waals surface area contributed by atoms with Crippen molar-refractivity contribution in [2.45, 2.75) is 6.92 Å². The molecule has 0 fully saturated rings. The van der Waals surface area contributed by atoms with Gasteiger partial charge in [0, 0.05) is 18.0 Å². The normalized spacial score (nSPS) is 10.3. The van der Waals surface area contributed by atoms with Crippen molar-refractivity contribution in [2.24, 2.45) is 0 Å². The van der Waals surface area contributed by atoms with Gasteiger partial charge in [0.15, 0.2) is 5.15 Å². The van der Waals surface area contributed by atoms with E-state index in [0.717, 1.165) is 22.9 Å². The highest BCUT2D eigenvalue weighted by molar-refractivity contribution is 6.99. The molecule has 0 spiro atoms. The zero-order valence-corrected chi connectivity index (χ0v) is 8.43. The highest BCUT2D eigenvalue weighted by atomic mass is 35.5. The molecule has 0 bridgehead atoms. The summed E-state index contributed by atoms with van der Waals surface area (Å²) in [5, 5.41) is 0.442. The predicted octanol–water partition coefficient (Wildman–Crippen LogP) is 2.56. The van der Waals surface area contributed by atoms with Crippen molar-refractivity contribution in [3.63, 3.8) is 0 Å². The standard InChI is InChI=1S/C8H6ClN3S/c1-5-2-6(4-10-3-5)7-8(9)12-13-11-7/h2-4H,1H3. The Kier molecular flexibility index (Phi) is 2.24. The van der Waals surface area contributed by atoms with Crippen molar-refractivity contribution in [1.29, 1.82) is 0 Å². The fourth-order valence-electron chi connectivity index (χ4n) is 1.03. The SMILES string of the molecule is Cc1cncc(-c2nsnc2Cl)c1. The maximum Gasteiger partial charge on any atom is 0.170 e. The van der Waals surface area contributed by atoms with Crippen LogP contribution < -0.4 is 0 Å². The average Bonchev–Trinajstić information content (AvgIpc) is 2.51. The molecule has 0 atom stereocenters. The minimum atomic E-state index is 0.442. The van der Waals surface area contributed by atoms with Gasteiger partial charge in [0.1, 0.15) is 5.69 Å². The third kappa shape index (κ3) is 1.68. The maximum absolute atomic E-state index is 5.84. The molecule has 0 aromatic carbocycles. The fourth-order valence-corrected chi connectivity index (χ4v) is 1.80. The van der Waals surface area contributed by atoms with Crippen LogP contribution in [0.5, 0.6) is 0 Å². The highest BCUT2D eigenvalue weighted by Gasteiger charge is 2.07. The largest absolute Gasteiger partial charge is 0.264 e. The van der Waals surface area contributed by atoms with E-state index < -0.39 is 0 Å². The molecule has 2 aromatic rings. The Morgan fingerprint density at radius 3 is 2.77 bits per heavy atom. The Labute approximate surface area is 84.7 Å². The zero-order valence-electron chi connectivity index (χ0n) is 6.86. The van der Waals surface area contributed by atoms with E-state index in [4.69, 9.17) is 11.6 Å². The quantitative estimate of drug-likeness (QED) is 0.728. The molecule has 5 heteroatoms. The number of aryl methyl sites for hydroxylation is 1. The molecule has 0 amide bonds. The zero-order chi connectivity index (χ0) is 9.26. The van der Waals surface area contributed by atoms with Crippen molar-refractivity contribution in [3.05, 3.63) is 29.2 Å². The van der Waals surface area contributed by atoms with Gasteiger partial charge in [-0.1, -0.05) is 11.6 Å². The van der Waals surface area contributed by atoms with E-state index in [1.165, 1.54) is 0 Å². The molecule has 0 aliphatic carbocycles. The van der Waals surface area contributed by atoms with Crippen LogP contribution >= 0.6 is 23.3 Å². The van der Waals surface area contributed by atoms with Crippen molar-refractivity contribution in [2.75, 3.05) is 0 Å². The number of pyridine rings is 1. The summed E-state index contributed by atoms with van der Waals surface area (Å²) in [5.41, 5.74) is 2.71. The highest BCUT2D eigenvalue weighted by Crippen LogP contribution is 2.24. The van der Waals surface area contributed by atoms with E-state index in [1.807, 2.05) is 13.0 Å². The molecular weight excluding hydrogens is 206 g/mol. The molecule has 0 saturated carbocycles. The lowest BCUT2D eigenvalue weighted by atomic mass is 10.2. The van der Waals surface area contributed by atoms with Gasteiger partial charge in [0.2, 0.25) is 0 Å². The molecule has 0 aliphatic rings. The lowest BCUT2D eigenvalue weighted by Gasteiger charge is -1.96. The van der Waals surface area contributed by atoms with Crippen LogP contribution in [-0.4, -0.2) is 13.7 Å². The van der Waals surface area contributed by atoms with E-state index >= 15 is 0 Å². The average molecular weight is 212 g/mol. The molecule has 2 heterocycles. The monoisotopic (exact) mass is 211 g/mol. The molecule has 0 saturated heterocycles. The van der Waals surface area contributed by atoms with Crippen LogP contribution in [0.2, 0.25) is 5.15 Å². The topological polar surface area (TPSA) is 38.7 Å². The number of hydrogen-bond acceptors (Lipinski definition) is 4. The first-order chi connectivity index (χ1) is 6.27. The number of halogens is 1. The Hall–Kier alpha value is -1.00. The van der Waals surface area contributed by atoms with Gasteiger partial charge in [-0.3, -0.25) is 4.98 Å². The molecule has 2 rings (SSSR count). The van der Waals surface area contributed by atoms with E-state index in [2.05, 4.69) is 13.7 Å². The van der Waals surface area contributed by atoms with Crippen LogP contribution in [0.25, 0.3) is 11.3 Å². The number of rotatable bonds is 1. The summed E-state index contributed by atoms with van der Waals surface area (Å²) in [6.07, 6.45) is 3.52. The fraction of sp³-hybridized carbons (Fsp3) is 0.125. The summed E-state index contributed by atoms with van der Waals surface area (Å²) < 4.78 is 7.98. The van der Waals surface area contributed by atoms with E-state index in [-0.39, 0.29) is 0 Å². The predicted molar refractivity (Wildman–Crippen MR) is 52.9 cm³/mol. The van der Waals surface area contributed by atoms with Gasteiger partial charge < -0.3 is 0 Å². The summed E-state index contributed by atoms with van der Waals surface area (Å²) in [6.45, 7) is 1.98. The molecule has 3 nitrogen and oxygen atoms in total. The van der Waals surface area contributed by atoms with Gasteiger partial charge >= 0.3 is 0 Å². The summed E-state index contributed by atoms with van der Waals surface area (Å²) in [7, 11) is 0. The smallest absolute Gasteiger partial charge is 0.170 e. The number of hydrogen-bond donors (Lipinski definition) is 0. The Bertz CT molecular complexity index is 427. The van der Waals surface area contributed by atoms with Crippen LogP contribution in [0.1, 0.15) is 5.56 Å². The van der Waals surface area contributed by atoms with Gasteiger partial charge in [-0.15, -0.1) is 0 Å².